The van der Waals surface area contributed by atoms with Crippen LogP contribution in [0.25, 0.3) is 0 Å². The fourth-order valence-electron chi connectivity index (χ4n) is 0.292. The van der Waals surface area contributed by atoms with Crippen LogP contribution in [0.15, 0.2) is 22.2 Å². The molecule has 0 fully saturated rings. The van der Waals surface area contributed by atoms with E-state index < -0.39 is 0 Å². The van der Waals surface area contributed by atoms with Gasteiger partial charge in [-0.1, -0.05) is 0 Å². The maximum atomic E-state index is 5.23. The molecule has 0 aliphatic heterocycles. The largest absolute Gasteiger partial charge is 0.391 e. The monoisotopic (exact) mass is 114 g/mol. The Balaban J connectivity index is 3.61. The number of nitrogens with two attached hydrogens (primary N) is 1. The lowest BCUT2D eigenvalue weighted by molar-refractivity contribution is 0.994. The van der Waals surface area contributed by atoms with Crippen LogP contribution in [0.4, 0.5) is 0 Å². The van der Waals surface area contributed by atoms with Crippen molar-refractivity contribution in [3.05, 3.63) is 12.0 Å². The molecule has 0 bridgehead atoms. The van der Waals surface area contributed by atoms with E-state index >= 15 is 0 Å². The van der Waals surface area contributed by atoms with Crippen molar-refractivity contribution < 1.29 is 0 Å². The quantitative estimate of drug-likeness (QED) is 0.498. The second kappa shape index (κ2) is 4.11. The van der Waals surface area contributed by atoms with E-state index in [9.17, 15) is 0 Å². The topological polar surface area (TPSA) is 62.8 Å². The summed E-state index contributed by atoms with van der Waals surface area (Å²) in [7, 11) is 3.31. The summed E-state index contributed by atoms with van der Waals surface area (Å²) in [6.07, 6.45) is 1.56. The number of nitrogens with zero attached hydrogens (tertiary/aromatic N) is 2. The van der Waals surface area contributed by atoms with Gasteiger partial charge in [0, 0.05) is 20.3 Å². The maximum Gasteiger partial charge on any atom is 0.161 e. The molecule has 0 aliphatic carbocycles. The summed E-state index contributed by atoms with van der Waals surface area (Å²) >= 11 is 0. The molecule has 8 heavy (non-hydrogen) atoms. The number of nitrogens with one attached hydrogen (secondary N) is 1. The molecule has 0 amide bonds. The molecule has 0 aromatic carbocycles. The summed E-state index contributed by atoms with van der Waals surface area (Å²) in [6.45, 7) is 0. The van der Waals surface area contributed by atoms with Gasteiger partial charge in [-0.2, -0.15) is 5.11 Å². The number of hydrogen-bond acceptors (Lipinski definition) is 4. The number of hydrogen-bond donors (Lipinski definition) is 2. The average molecular weight is 114 g/mol. The zero-order valence-electron chi connectivity index (χ0n) is 5.05. The Kier molecular flexibility index (Phi) is 3.56. The highest BCUT2D eigenvalue weighted by molar-refractivity contribution is 4.89. The maximum absolute atomic E-state index is 5.23. The first-order chi connectivity index (χ1) is 3.81. The fourth-order valence-corrected chi connectivity index (χ4v) is 0.292. The van der Waals surface area contributed by atoms with Crippen LogP contribution in [-0.2, 0) is 0 Å². The van der Waals surface area contributed by atoms with Gasteiger partial charge < -0.3 is 11.1 Å². The van der Waals surface area contributed by atoms with Crippen LogP contribution in [0.2, 0.25) is 0 Å². The summed E-state index contributed by atoms with van der Waals surface area (Å²) in [4.78, 5) is 0. The molecule has 0 radical (unpaired) electrons. The molecule has 46 valence electrons. The minimum atomic E-state index is 0.384. The van der Waals surface area contributed by atoms with Crippen molar-refractivity contribution in [1.29, 1.82) is 0 Å². The molecular formula is C4H10N4. The second-order valence-electron chi connectivity index (χ2n) is 1.16. The van der Waals surface area contributed by atoms with Crippen LogP contribution in [0.1, 0.15) is 0 Å². The molecule has 0 aliphatic rings. The van der Waals surface area contributed by atoms with Crippen LogP contribution in [0.3, 0.4) is 0 Å². The van der Waals surface area contributed by atoms with Gasteiger partial charge in [0.1, 0.15) is 0 Å². The van der Waals surface area contributed by atoms with E-state index in [-0.39, 0.29) is 0 Å². The molecule has 0 saturated heterocycles. The first kappa shape index (κ1) is 6.94. The van der Waals surface area contributed by atoms with Crippen molar-refractivity contribution in [3.63, 3.8) is 0 Å². The van der Waals surface area contributed by atoms with E-state index in [0.29, 0.717) is 5.82 Å². The predicted molar refractivity (Wildman–Crippen MR) is 32.1 cm³/mol. The Morgan fingerprint density at radius 2 is 2.38 bits per heavy atom. The summed E-state index contributed by atoms with van der Waals surface area (Å²) < 4.78 is 0. The summed E-state index contributed by atoms with van der Waals surface area (Å²) in [5.74, 6) is 0.384. The van der Waals surface area contributed by atoms with Gasteiger partial charge in [0.25, 0.3) is 0 Å². The Labute approximate surface area is 48.5 Å². The fraction of sp³-hybridized carbons (Fsp3) is 0.500. The third-order valence-corrected chi connectivity index (χ3v) is 0.508. The van der Waals surface area contributed by atoms with Crippen LogP contribution in [0, 0.1) is 0 Å². The minimum Gasteiger partial charge on any atom is -0.391 e. The van der Waals surface area contributed by atoms with Gasteiger partial charge in [0.05, 0.1) is 0 Å². The smallest absolute Gasteiger partial charge is 0.161 e. The zero-order valence-corrected chi connectivity index (χ0v) is 5.05. The summed E-state index contributed by atoms with van der Waals surface area (Å²) in [5, 5.41) is 9.67. The molecule has 0 aromatic heterocycles. The van der Waals surface area contributed by atoms with Gasteiger partial charge in [0.15, 0.2) is 5.82 Å². The van der Waals surface area contributed by atoms with E-state index in [1.54, 1.807) is 20.3 Å². The van der Waals surface area contributed by atoms with Gasteiger partial charge in [-0.15, -0.1) is 5.11 Å². The highest BCUT2D eigenvalue weighted by Crippen LogP contribution is 1.80. The first-order valence-corrected chi connectivity index (χ1v) is 2.24. The van der Waals surface area contributed by atoms with Crippen molar-refractivity contribution in [2.75, 3.05) is 14.1 Å². The van der Waals surface area contributed by atoms with Crippen molar-refractivity contribution in [1.82, 2.24) is 5.32 Å². The Morgan fingerprint density at radius 3 is 2.75 bits per heavy atom. The van der Waals surface area contributed by atoms with Gasteiger partial charge >= 0.3 is 0 Å². The van der Waals surface area contributed by atoms with E-state index in [4.69, 9.17) is 5.73 Å². The third-order valence-electron chi connectivity index (χ3n) is 0.508. The van der Waals surface area contributed by atoms with Crippen molar-refractivity contribution in [2.45, 2.75) is 0 Å². The van der Waals surface area contributed by atoms with E-state index in [1.165, 1.54) is 0 Å². The Morgan fingerprint density at radius 1 is 1.75 bits per heavy atom. The van der Waals surface area contributed by atoms with E-state index in [1.807, 2.05) is 0 Å². The van der Waals surface area contributed by atoms with Gasteiger partial charge in [0.2, 0.25) is 0 Å². The molecule has 4 heteroatoms. The van der Waals surface area contributed by atoms with Gasteiger partial charge in [-0.3, -0.25) is 0 Å². The number of azo groups is 1. The summed E-state index contributed by atoms with van der Waals surface area (Å²) in [6, 6.07) is 0. The van der Waals surface area contributed by atoms with Gasteiger partial charge in [-0.05, 0) is 0 Å². The van der Waals surface area contributed by atoms with Crippen LogP contribution < -0.4 is 11.1 Å². The average Bonchev–Trinajstić information content (AvgIpc) is 1.68. The lowest BCUT2D eigenvalue weighted by atomic mass is 10.8. The van der Waals surface area contributed by atoms with Crippen molar-refractivity contribution in [3.8, 4) is 0 Å². The molecule has 0 rings (SSSR count). The van der Waals surface area contributed by atoms with Crippen LogP contribution in [0.5, 0.6) is 0 Å². The molecule has 0 saturated carbocycles. The lowest BCUT2D eigenvalue weighted by Crippen LogP contribution is -2.00. The second-order valence-corrected chi connectivity index (χ2v) is 1.16. The zero-order chi connectivity index (χ0) is 6.41. The summed E-state index contributed by atoms with van der Waals surface area (Å²) in [5.41, 5.74) is 5.23. The van der Waals surface area contributed by atoms with E-state index in [0.717, 1.165) is 0 Å². The molecular weight excluding hydrogens is 104 g/mol. The first-order valence-electron chi connectivity index (χ1n) is 2.24. The molecule has 0 spiro atoms. The van der Waals surface area contributed by atoms with Gasteiger partial charge in [-0.25, -0.2) is 0 Å². The third kappa shape index (κ3) is 3.14. The Bertz CT molecular complexity index is 105. The highest BCUT2D eigenvalue weighted by Gasteiger charge is 1.76. The molecule has 3 N–H and O–H groups in total. The Hall–Kier alpha value is -1.06. The van der Waals surface area contributed by atoms with Crippen molar-refractivity contribution in [2.24, 2.45) is 16.0 Å². The van der Waals surface area contributed by atoms with Crippen LogP contribution >= 0.6 is 0 Å². The predicted octanol–water partition coefficient (Wildman–Crippen LogP) is 0.0454. The molecule has 0 heterocycles. The minimum absolute atomic E-state index is 0.384. The molecule has 4 nitrogen and oxygen atoms in total. The number of rotatable bonds is 2. The molecule has 0 unspecified atom stereocenters. The molecule has 0 aromatic rings. The lowest BCUT2D eigenvalue weighted by Gasteiger charge is -1.87. The van der Waals surface area contributed by atoms with Crippen LogP contribution in [-0.4, -0.2) is 14.1 Å². The highest BCUT2D eigenvalue weighted by atomic mass is 15.1. The molecule has 0 atom stereocenters. The van der Waals surface area contributed by atoms with E-state index in [2.05, 4.69) is 15.5 Å². The van der Waals surface area contributed by atoms with Crippen molar-refractivity contribution >= 4 is 0 Å². The SMILES string of the molecule is C/N=N\C(N)=C/NC. The standard InChI is InChI=1S/C4H10N4/c1-6-3-4(5)8-7-2/h3,6H,5H2,1-2H3/b4-3-,8-7-. The normalized spacial score (nSPS) is 12.5.